The Kier molecular flexibility index (Phi) is 7.20. The standard InChI is InChI=1S/C23H30FN3O4Si/c1-15(2)17-13-27(14-30-10-11-32(3,4)5)22-21(17)20(8-9-25-22)31-19-7-6-16(12-18(19)24)26-23(28)29/h6-9,12-13,15,26H,10-11,14H2,1-5H3,(H,28,29). The summed E-state index contributed by atoms with van der Waals surface area (Å²) >= 11 is 0. The minimum atomic E-state index is -1.26. The summed E-state index contributed by atoms with van der Waals surface area (Å²) in [6.45, 7) is 12.2. The molecular weight excluding hydrogens is 429 g/mol. The minimum absolute atomic E-state index is 0.00211. The Bertz CT molecular complexity index is 1110. The van der Waals surface area contributed by atoms with E-state index in [1.807, 2.05) is 10.8 Å². The second-order valence-electron chi connectivity index (χ2n) is 9.24. The van der Waals surface area contributed by atoms with Crippen LogP contribution in [0, 0.1) is 5.82 Å². The number of amides is 1. The fourth-order valence-electron chi connectivity index (χ4n) is 3.28. The van der Waals surface area contributed by atoms with Crippen molar-refractivity contribution in [2.45, 2.75) is 52.2 Å². The lowest BCUT2D eigenvalue weighted by molar-refractivity contribution is 0.0898. The van der Waals surface area contributed by atoms with E-state index in [0.717, 1.165) is 23.1 Å². The van der Waals surface area contributed by atoms with E-state index in [-0.39, 0.29) is 17.4 Å². The quantitative estimate of drug-likeness (QED) is 0.282. The number of carbonyl (C=O) groups is 1. The number of hydrogen-bond donors (Lipinski definition) is 2. The third-order valence-corrected chi connectivity index (χ3v) is 6.70. The SMILES string of the molecule is CC(C)c1cn(COCC[Si](C)(C)C)c2nccc(Oc3ccc(NC(=O)O)cc3F)c12. The van der Waals surface area contributed by atoms with Gasteiger partial charge in [0.15, 0.2) is 11.6 Å². The van der Waals surface area contributed by atoms with Crippen LogP contribution in [0.3, 0.4) is 0 Å². The first-order chi connectivity index (χ1) is 15.0. The number of carboxylic acid groups (broad SMARTS) is 1. The van der Waals surface area contributed by atoms with Gasteiger partial charge in [0.1, 0.15) is 18.1 Å². The fourth-order valence-corrected chi connectivity index (χ4v) is 4.04. The van der Waals surface area contributed by atoms with Gasteiger partial charge in [-0.25, -0.2) is 14.2 Å². The summed E-state index contributed by atoms with van der Waals surface area (Å²) in [6, 6.07) is 6.72. The van der Waals surface area contributed by atoms with E-state index in [2.05, 4.69) is 43.8 Å². The van der Waals surface area contributed by atoms with Gasteiger partial charge in [0.05, 0.1) is 5.39 Å². The van der Waals surface area contributed by atoms with E-state index in [1.54, 1.807) is 12.3 Å². The van der Waals surface area contributed by atoms with E-state index < -0.39 is 20.0 Å². The summed E-state index contributed by atoms with van der Waals surface area (Å²) < 4.78 is 28.4. The van der Waals surface area contributed by atoms with Gasteiger partial charge in [0, 0.05) is 38.8 Å². The first-order valence-electron chi connectivity index (χ1n) is 10.6. The number of nitrogens with zero attached hydrogens (tertiary/aromatic N) is 2. The molecule has 1 aromatic carbocycles. The lowest BCUT2D eigenvalue weighted by Gasteiger charge is -2.15. The number of benzene rings is 1. The van der Waals surface area contributed by atoms with Gasteiger partial charge in [-0.15, -0.1) is 0 Å². The number of anilines is 1. The number of aromatic nitrogens is 2. The molecule has 2 aromatic heterocycles. The van der Waals surface area contributed by atoms with Gasteiger partial charge < -0.3 is 19.1 Å². The number of halogens is 1. The van der Waals surface area contributed by atoms with E-state index in [9.17, 15) is 9.18 Å². The van der Waals surface area contributed by atoms with Gasteiger partial charge >= 0.3 is 6.09 Å². The Balaban J connectivity index is 1.90. The predicted molar refractivity (Wildman–Crippen MR) is 126 cm³/mol. The highest BCUT2D eigenvalue weighted by Gasteiger charge is 2.19. The van der Waals surface area contributed by atoms with Crippen molar-refractivity contribution in [3.05, 3.63) is 48.0 Å². The summed E-state index contributed by atoms with van der Waals surface area (Å²) in [5, 5.41) is 11.7. The number of hydrogen-bond acceptors (Lipinski definition) is 4. The van der Waals surface area contributed by atoms with Crippen LogP contribution in [0.25, 0.3) is 11.0 Å². The molecular formula is C23H30FN3O4Si. The van der Waals surface area contributed by atoms with Crippen molar-refractivity contribution < 1.29 is 23.8 Å². The average molecular weight is 460 g/mol. The van der Waals surface area contributed by atoms with Crippen LogP contribution >= 0.6 is 0 Å². The number of ether oxygens (including phenoxy) is 2. The van der Waals surface area contributed by atoms with Gasteiger partial charge in [0.2, 0.25) is 0 Å². The molecule has 0 atom stereocenters. The van der Waals surface area contributed by atoms with Crippen molar-refractivity contribution in [2.24, 2.45) is 0 Å². The molecule has 0 aliphatic heterocycles. The molecule has 0 bridgehead atoms. The second-order valence-corrected chi connectivity index (χ2v) is 14.9. The molecule has 172 valence electrons. The molecule has 1 amide bonds. The largest absolute Gasteiger partial charge is 0.465 e. The van der Waals surface area contributed by atoms with Crippen molar-refractivity contribution in [2.75, 3.05) is 11.9 Å². The zero-order valence-electron chi connectivity index (χ0n) is 19.1. The Morgan fingerprint density at radius 1 is 1.25 bits per heavy atom. The van der Waals surface area contributed by atoms with Crippen molar-refractivity contribution in [1.29, 1.82) is 0 Å². The summed E-state index contributed by atoms with van der Waals surface area (Å²) in [5.74, 6) is 0.0142. The maximum absolute atomic E-state index is 14.6. The molecule has 32 heavy (non-hydrogen) atoms. The van der Waals surface area contributed by atoms with Gasteiger partial charge in [0.25, 0.3) is 0 Å². The van der Waals surface area contributed by atoms with Crippen LogP contribution in [-0.2, 0) is 11.5 Å². The van der Waals surface area contributed by atoms with Crippen molar-refractivity contribution in [1.82, 2.24) is 9.55 Å². The number of fused-ring (bicyclic) bond motifs is 1. The molecule has 0 aliphatic carbocycles. The molecule has 0 saturated heterocycles. The Morgan fingerprint density at radius 3 is 2.62 bits per heavy atom. The van der Waals surface area contributed by atoms with Crippen LogP contribution in [0.15, 0.2) is 36.7 Å². The predicted octanol–water partition coefficient (Wildman–Crippen LogP) is 6.49. The van der Waals surface area contributed by atoms with Gasteiger partial charge in [-0.1, -0.05) is 33.5 Å². The molecule has 2 N–H and O–H groups in total. The van der Waals surface area contributed by atoms with Crippen LogP contribution in [0.1, 0.15) is 25.3 Å². The molecule has 9 heteroatoms. The van der Waals surface area contributed by atoms with Crippen molar-refractivity contribution in [3.8, 4) is 11.5 Å². The Morgan fingerprint density at radius 2 is 2.00 bits per heavy atom. The smallest absolute Gasteiger partial charge is 0.409 e. The van der Waals surface area contributed by atoms with Crippen LogP contribution < -0.4 is 10.1 Å². The second kappa shape index (κ2) is 9.70. The number of pyridine rings is 1. The molecule has 0 aliphatic rings. The van der Waals surface area contributed by atoms with E-state index in [0.29, 0.717) is 24.7 Å². The monoisotopic (exact) mass is 459 g/mol. The Hall–Kier alpha value is -2.91. The van der Waals surface area contributed by atoms with E-state index in [1.165, 1.54) is 12.1 Å². The summed E-state index contributed by atoms with van der Waals surface area (Å²) in [7, 11) is -1.18. The van der Waals surface area contributed by atoms with Gasteiger partial charge in [-0.05, 0) is 35.7 Å². The van der Waals surface area contributed by atoms with Crippen LogP contribution in [-0.4, -0.2) is 35.4 Å². The zero-order chi connectivity index (χ0) is 23.5. The van der Waals surface area contributed by atoms with Gasteiger partial charge in [-0.2, -0.15) is 0 Å². The highest BCUT2D eigenvalue weighted by atomic mass is 28.3. The lowest BCUT2D eigenvalue weighted by atomic mass is 10.0. The average Bonchev–Trinajstić information content (AvgIpc) is 3.06. The molecule has 3 aromatic rings. The molecule has 2 heterocycles. The molecule has 0 saturated carbocycles. The fraction of sp³-hybridized carbons (Fsp3) is 0.391. The zero-order valence-corrected chi connectivity index (χ0v) is 20.1. The molecule has 0 spiro atoms. The molecule has 0 unspecified atom stereocenters. The maximum atomic E-state index is 14.6. The highest BCUT2D eigenvalue weighted by molar-refractivity contribution is 6.76. The summed E-state index contributed by atoms with van der Waals surface area (Å²) in [4.78, 5) is 15.3. The van der Waals surface area contributed by atoms with Crippen molar-refractivity contribution in [3.63, 3.8) is 0 Å². The first kappa shape index (κ1) is 23.7. The van der Waals surface area contributed by atoms with Crippen LogP contribution in [0.5, 0.6) is 11.5 Å². The third-order valence-electron chi connectivity index (χ3n) is 5.00. The van der Waals surface area contributed by atoms with E-state index in [4.69, 9.17) is 14.6 Å². The number of nitrogens with one attached hydrogen (secondary N) is 1. The highest BCUT2D eigenvalue weighted by Crippen LogP contribution is 2.37. The number of rotatable bonds is 9. The maximum Gasteiger partial charge on any atom is 0.409 e. The van der Waals surface area contributed by atoms with Crippen LogP contribution in [0.4, 0.5) is 14.9 Å². The Labute approximate surface area is 188 Å². The first-order valence-corrected chi connectivity index (χ1v) is 14.3. The molecule has 3 rings (SSSR count). The van der Waals surface area contributed by atoms with Crippen LogP contribution in [0.2, 0.25) is 25.7 Å². The van der Waals surface area contributed by atoms with E-state index >= 15 is 0 Å². The molecule has 7 nitrogen and oxygen atoms in total. The van der Waals surface area contributed by atoms with Gasteiger partial charge in [-0.3, -0.25) is 5.32 Å². The normalized spacial score (nSPS) is 11.8. The van der Waals surface area contributed by atoms with Crippen molar-refractivity contribution >= 4 is 30.9 Å². The lowest BCUT2D eigenvalue weighted by Crippen LogP contribution is -2.22. The molecule has 0 fully saturated rings. The molecule has 0 radical (unpaired) electrons. The third kappa shape index (κ3) is 5.86. The minimum Gasteiger partial charge on any atom is -0.465 e. The topological polar surface area (TPSA) is 85.6 Å². The summed E-state index contributed by atoms with van der Waals surface area (Å²) in [5.41, 5.74) is 1.87. The summed E-state index contributed by atoms with van der Waals surface area (Å²) in [6.07, 6.45) is 2.38.